The van der Waals surface area contributed by atoms with Gasteiger partial charge in [-0.15, -0.1) is 0 Å². The van der Waals surface area contributed by atoms with Crippen LogP contribution in [0.25, 0.3) is 0 Å². The molecule has 1 heterocycles. The van der Waals surface area contributed by atoms with Crippen LogP contribution < -0.4 is 9.46 Å². The Morgan fingerprint density at radius 3 is 2.70 bits per heavy atom. The summed E-state index contributed by atoms with van der Waals surface area (Å²) in [6.07, 6.45) is 2.50. The van der Waals surface area contributed by atoms with E-state index in [-0.39, 0.29) is 11.0 Å². The molecule has 0 spiro atoms. The van der Waals surface area contributed by atoms with Gasteiger partial charge in [-0.05, 0) is 32.0 Å². The highest BCUT2D eigenvalue weighted by atomic mass is 35.5. The minimum Gasteiger partial charge on any atom is -0.489 e. The zero-order chi connectivity index (χ0) is 14.8. The number of benzene rings is 1. The van der Waals surface area contributed by atoms with Crippen molar-refractivity contribution in [3.63, 3.8) is 0 Å². The molecule has 2 aromatic rings. The molecule has 2 N–H and O–H groups in total. The van der Waals surface area contributed by atoms with Crippen LogP contribution in [0, 0.1) is 0 Å². The van der Waals surface area contributed by atoms with E-state index in [2.05, 4.69) is 14.9 Å². The second-order valence-corrected chi connectivity index (χ2v) is 6.44. The fraction of sp³-hybridized carbons (Fsp3) is 0.250. The standard InChI is InChI=1S/C12H14ClN3O3S/c1-8(2)19-12-4-3-9(5-11(12)13)16-20(17,18)10-6-14-15-7-10/h3-8,16H,1-2H3,(H,14,15). The number of H-pyrrole nitrogens is 1. The molecule has 0 atom stereocenters. The number of aromatic amines is 1. The number of sulfonamides is 1. The summed E-state index contributed by atoms with van der Waals surface area (Å²) in [5.41, 5.74) is 0.354. The molecule has 1 aromatic carbocycles. The van der Waals surface area contributed by atoms with Crippen molar-refractivity contribution < 1.29 is 13.2 Å². The van der Waals surface area contributed by atoms with E-state index in [1.165, 1.54) is 18.5 Å². The van der Waals surface area contributed by atoms with Crippen LogP contribution in [0.4, 0.5) is 5.69 Å². The molecule has 0 bridgehead atoms. The molecule has 1 aromatic heterocycles. The number of halogens is 1. The first-order valence-corrected chi connectivity index (χ1v) is 7.72. The van der Waals surface area contributed by atoms with Crippen LogP contribution in [-0.2, 0) is 10.0 Å². The van der Waals surface area contributed by atoms with E-state index in [9.17, 15) is 8.42 Å². The van der Waals surface area contributed by atoms with Gasteiger partial charge in [-0.1, -0.05) is 11.6 Å². The molecule has 8 heteroatoms. The summed E-state index contributed by atoms with van der Waals surface area (Å²) in [4.78, 5) is 0.0520. The third-order valence-electron chi connectivity index (χ3n) is 2.33. The lowest BCUT2D eigenvalue weighted by Crippen LogP contribution is -2.12. The SMILES string of the molecule is CC(C)Oc1ccc(NS(=O)(=O)c2cn[nH]c2)cc1Cl. The molecule has 0 aliphatic rings. The number of nitrogens with zero attached hydrogens (tertiary/aromatic N) is 1. The quantitative estimate of drug-likeness (QED) is 0.888. The predicted molar refractivity (Wildman–Crippen MR) is 76.6 cm³/mol. The summed E-state index contributed by atoms with van der Waals surface area (Å²) in [6, 6.07) is 4.70. The molecule has 0 radical (unpaired) electrons. The van der Waals surface area contributed by atoms with Gasteiger partial charge in [0.25, 0.3) is 10.0 Å². The molecule has 0 saturated heterocycles. The maximum absolute atomic E-state index is 12.0. The lowest BCUT2D eigenvalue weighted by atomic mass is 10.3. The fourth-order valence-electron chi connectivity index (χ4n) is 1.51. The van der Waals surface area contributed by atoms with E-state index in [0.717, 1.165) is 0 Å². The number of hydrogen-bond acceptors (Lipinski definition) is 4. The molecule has 0 aliphatic heterocycles. The van der Waals surface area contributed by atoms with Gasteiger partial charge in [0.2, 0.25) is 0 Å². The molecule has 0 amide bonds. The maximum atomic E-state index is 12.0. The van der Waals surface area contributed by atoms with Crippen molar-refractivity contribution in [2.45, 2.75) is 24.8 Å². The Hall–Kier alpha value is -1.73. The van der Waals surface area contributed by atoms with Crippen LogP contribution in [0.5, 0.6) is 5.75 Å². The number of anilines is 1. The Bertz CT molecular complexity index is 684. The van der Waals surface area contributed by atoms with Crippen LogP contribution in [0.2, 0.25) is 5.02 Å². The van der Waals surface area contributed by atoms with Crippen LogP contribution in [-0.4, -0.2) is 24.7 Å². The van der Waals surface area contributed by atoms with Gasteiger partial charge >= 0.3 is 0 Å². The van der Waals surface area contributed by atoms with Gasteiger partial charge in [-0.2, -0.15) is 5.10 Å². The van der Waals surface area contributed by atoms with Gasteiger partial charge in [-0.3, -0.25) is 9.82 Å². The van der Waals surface area contributed by atoms with E-state index < -0.39 is 10.0 Å². The Kier molecular flexibility index (Phi) is 4.20. The highest BCUT2D eigenvalue weighted by Crippen LogP contribution is 2.29. The second kappa shape index (κ2) is 5.72. The molecule has 0 unspecified atom stereocenters. The summed E-state index contributed by atoms with van der Waals surface area (Å²) in [5.74, 6) is 0.507. The van der Waals surface area contributed by atoms with Gasteiger partial charge in [0.05, 0.1) is 23.0 Å². The summed E-state index contributed by atoms with van der Waals surface area (Å²) in [5, 5.41) is 6.39. The summed E-state index contributed by atoms with van der Waals surface area (Å²) in [6.45, 7) is 3.76. The molecule has 0 aliphatic carbocycles. The number of aromatic nitrogens is 2. The Morgan fingerprint density at radius 1 is 1.40 bits per heavy atom. The molecule has 2 rings (SSSR count). The van der Waals surface area contributed by atoms with Crippen molar-refractivity contribution >= 4 is 27.3 Å². The lowest BCUT2D eigenvalue weighted by Gasteiger charge is -2.13. The monoisotopic (exact) mass is 315 g/mol. The lowest BCUT2D eigenvalue weighted by molar-refractivity contribution is 0.242. The molecule has 20 heavy (non-hydrogen) atoms. The Balaban J connectivity index is 2.21. The fourth-order valence-corrected chi connectivity index (χ4v) is 2.69. The maximum Gasteiger partial charge on any atom is 0.265 e. The van der Waals surface area contributed by atoms with Crippen LogP contribution in [0.3, 0.4) is 0 Å². The smallest absolute Gasteiger partial charge is 0.265 e. The zero-order valence-corrected chi connectivity index (χ0v) is 12.5. The van der Waals surface area contributed by atoms with Crippen LogP contribution >= 0.6 is 11.6 Å². The van der Waals surface area contributed by atoms with E-state index >= 15 is 0 Å². The van der Waals surface area contributed by atoms with Gasteiger partial charge in [0.15, 0.2) is 0 Å². The van der Waals surface area contributed by atoms with Crippen LogP contribution in [0.1, 0.15) is 13.8 Å². The van der Waals surface area contributed by atoms with Crippen molar-refractivity contribution in [1.82, 2.24) is 10.2 Å². The number of ether oxygens (including phenoxy) is 1. The second-order valence-electron chi connectivity index (χ2n) is 4.35. The van der Waals surface area contributed by atoms with E-state index in [1.807, 2.05) is 13.8 Å². The first-order chi connectivity index (χ1) is 9.38. The minimum atomic E-state index is -3.67. The normalized spacial score (nSPS) is 11.6. The number of hydrogen-bond donors (Lipinski definition) is 2. The van der Waals surface area contributed by atoms with Gasteiger partial charge < -0.3 is 4.74 Å². The summed E-state index contributed by atoms with van der Waals surface area (Å²) < 4.78 is 31.9. The molecular formula is C12H14ClN3O3S. The van der Waals surface area contributed by atoms with E-state index in [0.29, 0.717) is 16.5 Å². The van der Waals surface area contributed by atoms with Crippen molar-refractivity contribution in [3.05, 3.63) is 35.6 Å². The minimum absolute atomic E-state index is 0.0130. The largest absolute Gasteiger partial charge is 0.489 e. The molecule has 6 nitrogen and oxygen atoms in total. The third-order valence-corrected chi connectivity index (χ3v) is 3.97. The molecule has 0 fully saturated rings. The van der Waals surface area contributed by atoms with Crippen molar-refractivity contribution in [2.75, 3.05) is 4.72 Å². The number of nitrogens with one attached hydrogen (secondary N) is 2. The van der Waals surface area contributed by atoms with Gasteiger partial charge in [0, 0.05) is 6.20 Å². The van der Waals surface area contributed by atoms with Crippen molar-refractivity contribution in [2.24, 2.45) is 0 Å². The molecular weight excluding hydrogens is 302 g/mol. The zero-order valence-electron chi connectivity index (χ0n) is 10.9. The van der Waals surface area contributed by atoms with E-state index in [1.54, 1.807) is 12.1 Å². The van der Waals surface area contributed by atoms with Crippen molar-refractivity contribution in [1.29, 1.82) is 0 Å². The summed E-state index contributed by atoms with van der Waals surface area (Å²) >= 11 is 6.05. The first-order valence-electron chi connectivity index (χ1n) is 5.86. The highest BCUT2D eigenvalue weighted by Gasteiger charge is 2.16. The first kappa shape index (κ1) is 14.7. The number of rotatable bonds is 5. The topological polar surface area (TPSA) is 84.1 Å². The van der Waals surface area contributed by atoms with E-state index in [4.69, 9.17) is 16.3 Å². The predicted octanol–water partition coefficient (Wildman–Crippen LogP) is 2.65. The van der Waals surface area contributed by atoms with Crippen LogP contribution in [0.15, 0.2) is 35.5 Å². The highest BCUT2D eigenvalue weighted by molar-refractivity contribution is 7.92. The van der Waals surface area contributed by atoms with Gasteiger partial charge in [0.1, 0.15) is 10.6 Å². The Morgan fingerprint density at radius 2 is 2.15 bits per heavy atom. The van der Waals surface area contributed by atoms with Crippen molar-refractivity contribution in [3.8, 4) is 5.75 Å². The third kappa shape index (κ3) is 3.43. The molecule has 0 saturated carbocycles. The Labute approximate surface area is 122 Å². The average Bonchev–Trinajstić information content (AvgIpc) is 2.86. The molecule has 108 valence electrons. The average molecular weight is 316 g/mol. The summed E-state index contributed by atoms with van der Waals surface area (Å²) in [7, 11) is -3.67. The van der Waals surface area contributed by atoms with Gasteiger partial charge in [-0.25, -0.2) is 8.42 Å².